The maximum absolute atomic E-state index is 14.2. The third-order valence-electron chi connectivity index (χ3n) is 7.39. The van der Waals surface area contributed by atoms with Crippen LogP contribution in [0.1, 0.15) is 58.3 Å². The molecule has 0 spiro atoms. The third-order valence-corrected chi connectivity index (χ3v) is 8.71. The van der Waals surface area contributed by atoms with E-state index in [4.69, 9.17) is 0 Å². The number of hydrogen-bond donors (Lipinski definition) is 1. The highest BCUT2D eigenvalue weighted by atomic mass is 32.2. The Hall–Kier alpha value is -3.98. The number of nitrogens with zero attached hydrogens (tertiary/aromatic N) is 3. The summed E-state index contributed by atoms with van der Waals surface area (Å²) < 4.78 is 40.7. The number of rotatable bonds is 16. The van der Waals surface area contributed by atoms with Crippen molar-refractivity contribution in [1.29, 1.82) is 0 Å². The van der Waals surface area contributed by atoms with Crippen LogP contribution in [0.4, 0.5) is 19.3 Å². The van der Waals surface area contributed by atoms with E-state index in [9.17, 15) is 17.8 Å². The largest absolute Gasteiger partial charge is 0.325 e. The summed E-state index contributed by atoms with van der Waals surface area (Å²) in [5.74, 6) is -1.07. The number of amides is 2. The average molecular weight is 619 g/mol. The molecule has 1 unspecified atom stereocenters. The highest BCUT2D eigenvalue weighted by Crippen LogP contribution is 2.31. The Labute approximate surface area is 261 Å². The first kappa shape index (κ1) is 32.9. The summed E-state index contributed by atoms with van der Waals surface area (Å²) in [7, 11) is -1.33. The minimum Gasteiger partial charge on any atom is -0.325 e. The second-order valence-corrected chi connectivity index (χ2v) is 12.3. The Balaban J connectivity index is 1.34. The van der Waals surface area contributed by atoms with Crippen LogP contribution in [-0.2, 0) is 10.8 Å². The number of aromatic nitrogens is 2. The SMILES string of the molecule is CCCCCCCN(CCCCCS(=O)c1cc(-c2ccccc2)c(-c2ccccc2)nn1)C(=O)Nc1ccc(F)cc1F. The van der Waals surface area contributed by atoms with Gasteiger partial charge in [-0.25, -0.2) is 13.6 Å². The Morgan fingerprint density at radius 3 is 2.07 bits per heavy atom. The Bertz CT molecular complexity index is 1510. The molecular formula is C35H40F2N4O2S. The molecule has 0 bridgehead atoms. The van der Waals surface area contributed by atoms with E-state index in [-0.39, 0.29) is 5.69 Å². The van der Waals surface area contributed by atoms with Crippen LogP contribution in [0, 0.1) is 11.6 Å². The molecule has 4 rings (SSSR count). The summed E-state index contributed by atoms with van der Waals surface area (Å²) in [5, 5.41) is 11.8. The van der Waals surface area contributed by atoms with Gasteiger partial charge in [-0.05, 0) is 43.0 Å². The Morgan fingerprint density at radius 1 is 0.773 bits per heavy atom. The van der Waals surface area contributed by atoms with Crippen molar-refractivity contribution in [3.63, 3.8) is 0 Å². The van der Waals surface area contributed by atoms with Gasteiger partial charge in [-0.3, -0.25) is 4.21 Å². The molecule has 0 aliphatic heterocycles. The van der Waals surface area contributed by atoms with Gasteiger partial charge in [0.15, 0.2) is 5.03 Å². The third kappa shape index (κ3) is 9.77. The predicted octanol–water partition coefficient (Wildman–Crippen LogP) is 8.87. The summed E-state index contributed by atoms with van der Waals surface area (Å²) in [5.41, 5.74) is 3.50. The predicted molar refractivity (Wildman–Crippen MR) is 174 cm³/mol. The van der Waals surface area contributed by atoms with Crippen LogP contribution in [0.15, 0.2) is 90.0 Å². The molecule has 232 valence electrons. The fourth-order valence-electron chi connectivity index (χ4n) is 4.96. The highest BCUT2D eigenvalue weighted by molar-refractivity contribution is 7.84. The van der Waals surface area contributed by atoms with Crippen molar-refractivity contribution in [2.45, 2.75) is 63.3 Å². The normalized spacial score (nSPS) is 11.7. The molecule has 6 nitrogen and oxygen atoms in total. The zero-order valence-electron chi connectivity index (χ0n) is 25.2. The van der Waals surface area contributed by atoms with Gasteiger partial charge in [0.2, 0.25) is 0 Å². The molecule has 2 amide bonds. The second kappa shape index (κ2) is 17.3. The fourth-order valence-corrected chi connectivity index (χ4v) is 6.01. The summed E-state index contributed by atoms with van der Waals surface area (Å²) >= 11 is 0. The second-order valence-electron chi connectivity index (χ2n) is 10.7. The van der Waals surface area contributed by atoms with E-state index in [2.05, 4.69) is 22.4 Å². The molecule has 3 aromatic carbocycles. The van der Waals surface area contributed by atoms with E-state index in [0.29, 0.717) is 36.7 Å². The van der Waals surface area contributed by atoms with E-state index in [1.807, 2.05) is 66.7 Å². The maximum atomic E-state index is 14.2. The van der Waals surface area contributed by atoms with Gasteiger partial charge in [0.05, 0.1) is 16.5 Å². The standard InChI is InChI=1S/C35H40F2N4O2S/c1-2-3-4-5-13-22-41(35(42)38-32-21-20-29(36)25-31(32)37)23-14-8-15-24-44(43)33-26-30(27-16-9-6-10-17-27)34(40-39-33)28-18-11-7-12-19-28/h6-7,9-12,16-21,25-26H,2-5,8,13-15,22-24H2,1H3,(H,38,42). The summed E-state index contributed by atoms with van der Waals surface area (Å²) in [4.78, 5) is 14.7. The number of nitrogens with one attached hydrogen (secondary N) is 1. The van der Waals surface area contributed by atoms with Gasteiger partial charge in [0.1, 0.15) is 17.3 Å². The molecular weight excluding hydrogens is 578 g/mol. The lowest BCUT2D eigenvalue weighted by atomic mass is 10.0. The number of hydrogen-bond acceptors (Lipinski definition) is 4. The van der Waals surface area contributed by atoms with Crippen LogP contribution in [-0.4, -0.2) is 44.2 Å². The van der Waals surface area contributed by atoms with Crippen LogP contribution in [0.3, 0.4) is 0 Å². The summed E-state index contributed by atoms with van der Waals surface area (Å²) in [6.07, 6.45) is 7.40. The van der Waals surface area contributed by atoms with E-state index in [1.54, 1.807) is 4.90 Å². The fraction of sp³-hybridized carbons (Fsp3) is 0.343. The number of benzene rings is 3. The van der Waals surface area contributed by atoms with Gasteiger partial charge in [0.25, 0.3) is 0 Å². The molecule has 0 saturated carbocycles. The monoisotopic (exact) mass is 618 g/mol. The molecule has 0 radical (unpaired) electrons. The Morgan fingerprint density at radius 2 is 1.41 bits per heavy atom. The average Bonchev–Trinajstić information content (AvgIpc) is 3.05. The molecule has 0 saturated heterocycles. The Kier molecular flexibility index (Phi) is 13.0. The van der Waals surface area contributed by atoms with Crippen molar-refractivity contribution in [1.82, 2.24) is 15.1 Å². The first-order valence-corrected chi connectivity index (χ1v) is 16.7. The van der Waals surface area contributed by atoms with E-state index in [1.165, 1.54) is 6.07 Å². The molecule has 9 heteroatoms. The minimum atomic E-state index is -1.33. The zero-order chi connectivity index (χ0) is 31.1. The number of carbonyl (C=O) groups is 1. The van der Waals surface area contributed by atoms with Crippen molar-refractivity contribution < 1.29 is 17.8 Å². The maximum Gasteiger partial charge on any atom is 0.321 e. The molecule has 1 heterocycles. The highest BCUT2D eigenvalue weighted by Gasteiger charge is 2.17. The van der Waals surface area contributed by atoms with Crippen molar-refractivity contribution in [2.24, 2.45) is 0 Å². The topological polar surface area (TPSA) is 75.2 Å². The molecule has 1 atom stereocenters. The minimum absolute atomic E-state index is 0.0444. The van der Waals surface area contributed by atoms with Gasteiger partial charge in [0, 0.05) is 36.0 Å². The number of halogens is 2. The summed E-state index contributed by atoms with van der Waals surface area (Å²) in [6, 6.07) is 24.3. The number of urea groups is 1. The lowest BCUT2D eigenvalue weighted by Gasteiger charge is -2.23. The summed E-state index contributed by atoms with van der Waals surface area (Å²) in [6.45, 7) is 3.19. The van der Waals surface area contributed by atoms with Crippen molar-refractivity contribution in [3.05, 3.63) is 96.6 Å². The molecule has 4 aromatic rings. The van der Waals surface area contributed by atoms with Crippen LogP contribution >= 0.6 is 0 Å². The van der Waals surface area contributed by atoms with E-state index >= 15 is 0 Å². The molecule has 1 N–H and O–H groups in total. The van der Waals surface area contributed by atoms with Crippen molar-refractivity contribution in [3.8, 4) is 22.4 Å². The number of carbonyl (C=O) groups excluding carboxylic acids is 1. The number of unbranched alkanes of at least 4 members (excludes halogenated alkanes) is 6. The van der Waals surface area contributed by atoms with E-state index < -0.39 is 28.5 Å². The molecule has 0 aliphatic rings. The van der Waals surface area contributed by atoms with Gasteiger partial charge in [-0.15, -0.1) is 10.2 Å². The van der Waals surface area contributed by atoms with Gasteiger partial charge in [-0.1, -0.05) is 99.7 Å². The zero-order valence-corrected chi connectivity index (χ0v) is 26.0. The van der Waals surface area contributed by atoms with Crippen LogP contribution < -0.4 is 5.32 Å². The molecule has 0 fully saturated rings. The van der Waals surface area contributed by atoms with Gasteiger partial charge < -0.3 is 10.2 Å². The lowest BCUT2D eigenvalue weighted by Crippen LogP contribution is -2.36. The first-order valence-electron chi connectivity index (χ1n) is 15.3. The van der Waals surface area contributed by atoms with Crippen LogP contribution in [0.25, 0.3) is 22.4 Å². The molecule has 44 heavy (non-hydrogen) atoms. The molecule has 1 aromatic heterocycles. The van der Waals surface area contributed by atoms with Crippen molar-refractivity contribution >= 4 is 22.5 Å². The van der Waals surface area contributed by atoms with E-state index in [0.717, 1.165) is 73.0 Å². The number of anilines is 1. The first-order chi connectivity index (χ1) is 21.5. The molecule has 0 aliphatic carbocycles. The van der Waals surface area contributed by atoms with Gasteiger partial charge >= 0.3 is 6.03 Å². The van der Waals surface area contributed by atoms with Gasteiger partial charge in [-0.2, -0.15) is 0 Å². The lowest BCUT2D eigenvalue weighted by molar-refractivity contribution is 0.209. The smallest absolute Gasteiger partial charge is 0.321 e. The van der Waals surface area contributed by atoms with Crippen molar-refractivity contribution in [2.75, 3.05) is 24.2 Å². The van der Waals surface area contributed by atoms with Crippen LogP contribution in [0.5, 0.6) is 0 Å². The quantitative estimate of drug-likeness (QED) is 0.127. The van der Waals surface area contributed by atoms with Crippen LogP contribution in [0.2, 0.25) is 0 Å².